The predicted octanol–water partition coefficient (Wildman–Crippen LogP) is -1.09. The highest BCUT2D eigenvalue weighted by atomic mass is 19.1. The van der Waals surface area contributed by atoms with Crippen molar-refractivity contribution in [3.05, 3.63) is 47.9 Å². The van der Waals surface area contributed by atoms with Gasteiger partial charge in [-0.05, 0) is 19.1 Å². The number of carbonyl (C=O) groups excluding carboxylic acids is 1. The van der Waals surface area contributed by atoms with E-state index in [1.165, 1.54) is 6.20 Å². The molecule has 3 aromatic heterocycles. The number of fused-ring (bicyclic) bond motifs is 1. The van der Waals surface area contributed by atoms with Crippen LogP contribution >= 0.6 is 0 Å². The molecule has 0 saturated carbocycles. The van der Waals surface area contributed by atoms with Crippen LogP contribution < -0.4 is 27.2 Å². The fraction of sp³-hybridized carbons (Fsp3) is 0.100. The van der Waals surface area contributed by atoms with Crippen molar-refractivity contribution in [2.75, 3.05) is 5.32 Å². The first-order valence-electron chi connectivity index (χ1n) is 9.16. The summed E-state index contributed by atoms with van der Waals surface area (Å²) in [6, 6.07) is 3.56. The summed E-state index contributed by atoms with van der Waals surface area (Å²) >= 11 is 0. The lowest BCUT2D eigenvalue weighted by molar-refractivity contribution is 0.102. The van der Waals surface area contributed by atoms with Gasteiger partial charge in [0.05, 0.1) is 23.6 Å². The Morgan fingerprint density at radius 2 is 1.65 bits per heavy atom. The Hall–Kier alpha value is -3.35. The van der Waals surface area contributed by atoms with Gasteiger partial charge in [-0.2, -0.15) is 0 Å². The van der Waals surface area contributed by atoms with Gasteiger partial charge in [0.15, 0.2) is 0 Å². The Labute approximate surface area is 183 Å². The second kappa shape index (κ2) is 7.72. The van der Waals surface area contributed by atoms with Gasteiger partial charge in [-0.25, -0.2) is 14.4 Å². The number of nitrogens with zero attached hydrogens (tertiary/aromatic N) is 4. The number of hydrogen-bond donors (Lipinski definition) is 1. The van der Waals surface area contributed by atoms with E-state index in [2.05, 4.69) is 20.3 Å². The van der Waals surface area contributed by atoms with Gasteiger partial charge in [0.1, 0.15) is 48.8 Å². The molecule has 0 spiro atoms. The maximum absolute atomic E-state index is 13.9. The molecule has 3 heterocycles. The molecule has 31 heavy (non-hydrogen) atoms. The van der Waals surface area contributed by atoms with Crippen LogP contribution in [-0.4, -0.2) is 56.8 Å². The molecule has 0 saturated heterocycles. The summed E-state index contributed by atoms with van der Waals surface area (Å²) < 4.78 is 15.9. The smallest absolute Gasteiger partial charge is 0.255 e. The minimum absolute atomic E-state index is 0.212. The van der Waals surface area contributed by atoms with Gasteiger partial charge >= 0.3 is 0 Å². The average molecular weight is 401 g/mol. The Bertz CT molecular complexity index is 1340. The minimum Gasteiger partial charge on any atom is -0.331 e. The topological polar surface area (TPSA) is 72.7 Å². The second-order valence-electron chi connectivity index (χ2n) is 7.03. The van der Waals surface area contributed by atoms with Crippen LogP contribution in [0.4, 0.5) is 10.2 Å². The van der Waals surface area contributed by atoms with Crippen LogP contribution in [0.3, 0.4) is 0 Å². The molecule has 0 aliphatic heterocycles. The van der Waals surface area contributed by atoms with Gasteiger partial charge in [-0.3, -0.25) is 9.78 Å². The first-order valence-corrected chi connectivity index (χ1v) is 9.16. The van der Waals surface area contributed by atoms with E-state index in [0.29, 0.717) is 5.52 Å². The molecule has 0 bridgehead atoms. The fourth-order valence-electron chi connectivity index (χ4n) is 3.23. The van der Waals surface area contributed by atoms with E-state index in [1.807, 2.05) is 24.6 Å². The summed E-state index contributed by atoms with van der Waals surface area (Å²) in [4.78, 5) is 25.7. The molecule has 0 fully saturated rings. The number of carbonyl (C=O) groups is 1. The van der Waals surface area contributed by atoms with Gasteiger partial charge in [0.2, 0.25) is 0 Å². The molecule has 0 unspecified atom stereocenters. The summed E-state index contributed by atoms with van der Waals surface area (Å²) in [7, 11) is 24.7. The van der Waals surface area contributed by atoms with E-state index in [9.17, 15) is 9.18 Å². The maximum atomic E-state index is 13.9. The third-order valence-corrected chi connectivity index (χ3v) is 5.14. The van der Waals surface area contributed by atoms with Crippen LogP contribution in [0.2, 0.25) is 0 Å². The van der Waals surface area contributed by atoms with Crippen LogP contribution in [0.1, 0.15) is 16.2 Å². The zero-order valence-corrected chi connectivity index (χ0v) is 16.8. The standard InChI is InChI=1S/C20H12B4FN5O/c1-8-26-7-12(30(8)2)10-3-9-4-13(28-6-11(9)27-5-10)29-20(31)14-15(21)17(23)19(25)18(24)16(14)22/h3-7H,1-2H3,(H,28,29,31). The Balaban J connectivity index is 1.71. The summed E-state index contributed by atoms with van der Waals surface area (Å²) in [6.07, 6.45) is 5.00. The van der Waals surface area contributed by atoms with Crippen molar-refractivity contribution in [3.8, 4) is 11.3 Å². The quantitative estimate of drug-likeness (QED) is 0.444. The first-order chi connectivity index (χ1) is 14.7. The first kappa shape index (κ1) is 20.9. The number of imidazole rings is 1. The molecule has 1 N–H and O–H groups in total. The van der Waals surface area contributed by atoms with Crippen LogP contribution in [0, 0.1) is 12.7 Å². The summed E-state index contributed by atoms with van der Waals surface area (Å²) in [5.41, 5.74) is 0.701. The molecular weight excluding hydrogens is 389 g/mol. The normalized spacial score (nSPS) is 11.1. The van der Waals surface area contributed by atoms with Crippen LogP contribution in [0.25, 0.3) is 22.2 Å². The van der Waals surface area contributed by atoms with Crippen molar-refractivity contribution >= 4 is 75.9 Å². The minimum atomic E-state index is -0.959. The molecule has 4 aromatic rings. The molecule has 1 aromatic carbocycles. The maximum Gasteiger partial charge on any atom is 0.255 e. The molecule has 6 nitrogen and oxygen atoms in total. The monoisotopic (exact) mass is 401 g/mol. The largest absolute Gasteiger partial charge is 0.331 e. The van der Waals surface area contributed by atoms with Gasteiger partial charge in [0, 0.05) is 29.8 Å². The van der Waals surface area contributed by atoms with E-state index in [4.69, 9.17) is 31.4 Å². The molecule has 0 aliphatic rings. The zero-order chi connectivity index (χ0) is 22.4. The average Bonchev–Trinajstić information content (AvgIpc) is 3.09. The number of nitrogens with one attached hydrogen (secondary N) is 1. The third-order valence-electron chi connectivity index (χ3n) is 5.14. The summed E-state index contributed by atoms with van der Waals surface area (Å²) in [6.45, 7) is 1.90. The summed E-state index contributed by atoms with van der Waals surface area (Å²) in [5, 5.41) is 3.33. The number of halogens is 1. The number of anilines is 1. The van der Waals surface area contributed by atoms with Crippen LogP contribution in [0.15, 0.2) is 30.7 Å². The number of pyridine rings is 2. The number of aryl methyl sites for hydroxylation is 1. The zero-order valence-electron chi connectivity index (χ0n) is 16.8. The molecule has 11 heteroatoms. The number of benzene rings is 1. The highest BCUT2D eigenvalue weighted by molar-refractivity contribution is 6.59. The molecular formula is C20H12B4FN5O. The van der Waals surface area contributed by atoms with Crippen molar-refractivity contribution in [1.29, 1.82) is 0 Å². The van der Waals surface area contributed by atoms with Crippen LogP contribution in [0.5, 0.6) is 0 Å². The molecule has 0 atom stereocenters. The van der Waals surface area contributed by atoms with Gasteiger partial charge < -0.3 is 9.88 Å². The molecule has 0 aliphatic carbocycles. The van der Waals surface area contributed by atoms with Crippen molar-refractivity contribution < 1.29 is 9.18 Å². The Morgan fingerprint density at radius 1 is 0.968 bits per heavy atom. The van der Waals surface area contributed by atoms with Crippen molar-refractivity contribution in [2.24, 2.45) is 7.05 Å². The number of rotatable bonds is 3. The van der Waals surface area contributed by atoms with Crippen molar-refractivity contribution in [2.45, 2.75) is 6.92 Å². The van der Waals surface area contributed by atoms with Gasteiger partial charge in [-0.15, -0.1) is 0 Å². The highest BCUT2D eigenvalue weighted by Gasteiger charge is 2.19. The SMILES string of the molecule is [B]c1c([B])c(C(=O)Nc2cc3cc(-c4cnc(C)n4C)cnc3cn2)c([B])c([B])c1F. The summed E-state index contributed by atoms with van der Waals surface area (Å²) in [5.74, 6) is -0.588. The number of hydrogen-bond acceptors (Lipinski definition) is 4. The highest BCUT2D eigenvalue weighted by Crippen LogP contribution is 2.24. The van der Waals surface area contributed by atoms with Gasteiger partial charge in [0.25, 0.3) is 5.91 Å². The van der Waals surface area contributed by atoms with Crippen molar-refractivity contribution in [3.63, 3.8) is 0 Å². The second-order valence-corrected chi connectivity index (χ2v) is 7.03. The Morgan fingerprint density at radius 3 is 2.26 bits per heavy atom. The number of amides is 1. The van der Waals surface area contributed by atoms with E-state index in [0.717, 1.165) is 22.5 Å². The lowest BCUT2D eigenvalue weighted by Crippen LogP contribution is -2.49. The molecule has 1 amide bonds. The van der Waals surface area contributed by atoms with Gasteiger partial charge in [-0.1, -0.05) is 21.9 Å². The fourth-order valence-corrected chi connectivity index (χ4v) is 3.23. The molecule has 4 rings (SSSR count). The molecule has 142 valence electrons. The predicted molar refractivity (Wildman–Crippen MR) is 122 cm³/mol. The Kier molecular flexibility index (Phi) is 5.21. The number of aromatic nitrogens is 4. The van der Waals surface area contributed by atoms with E-state index >= 15 is 0 Å². The van der Waals surface area contributed by atoms with E-state index < -0.39 is 22.7 Å². The van der Waals surface area contributed by atoms with E-state index in [-0.39, 0.29) is 22.3 Å². The van der Waals surface area contributed by atoms with Crippen LogP contribution in [-0.2, 0) is 7.05 Å². The lowest BCUT2D eigenvalue weighted by atomic mass is 9.66. The lowest BCUT2D eigenvalue weighted by Gasteiger charge is -2.18. The van der Waals surface area contributed by atoms with E-state index in [1.54, 1.807) is 18.5 Å². The molecule has 8 radical (unpaired) electrons. The third kappa shape index (κ3) is 3.54. The van der Waals surface area contributed by atoms with Crippen molar-refractivity contribution in [1.82, 2.24) is 19.5 Å².